The Morgan fingerprint density at radius 1 is 1.22 bits per heavy atom. The molecule has 1 aromatic carbocycles. The molecule has 0 aliphatic carbocycles. The normalized spacial score (nSPS) is 11.3. The van der Waals surface area contributed by atoms with Crippen molar-refractivity contribution in [3.63, 3.8) is 0 Å². The van der Waals surface area contributed by atoms with Crippen molar-refractivity contribution in [2.24, 2.45) is 0 Å². The summed E-state index contributed by atoms with van der Waals surface area (Å²) in [7, 11) is 0. The zero-order valence-corrected chi connectivity index (χ0v) is 15.4. The van der Waals surface area contributed by atoms with Crippen LogP contribution in [0.4, 0.5) is 9.18 Å². The minimum Gasteiger partial charge on any atom is -0.444 e. The number of aromatic nitrogens is 3. The van der Waals surface area contributed by atoms with Gasteiger partial charge in [0.1, 0.15) is 17.2 Å². The molecule has 0 aliphatic heterocycles. The molecule has 27 heavy (non-hydrogen) atoms. The van der Waals surface area contributed by atoms with Crippen LogP contribution in [0.2, 0.25) is 0 Å². The smallest absolute Gasteiger partial charge is 0.407 e. The Balaban J connectivity index is 1.87. The summed E-state index contributed by atoms with van der Waals surface area (Å²) < 4.78 is 18.4. The molecule has 0 unspecified atom stereocenters. The second-order valence-corrected chi connectivity index (χ2v) is 7.03. The van der Waals surface area contributed by atoms with E-state index in [0.29, 0.717) is 11.5 Å². The Morgan fingerprint density at radius 2 is 1.96 bits per heavy atom. The first-order chi connectivity index (χ1) is 12.8. The third-order valence-corrected chi connectivity index (χ3v) is 3.70. The van der Waals surface area contributed by atoms with Gasteiger partial charge in [-0.25, -0.2) is 14.2 Å². The van der Waals surface area contributed by atoms with Crippen molar-refractivity contribution in [2.45, 2.75) is 32.9 Å². The van der Waals surface area contributed by atoms with Gasteiger partial charge in [0.2, 0.25) is 0 Å². The second-order valence-electron chi connectivity index (χ2n) is 7.03. The summed E-state index contributed by atoms with van der Waals surface area (Å²) in [4.78, 5) is 23.7. The highest BCUT2D eigenvalue weighted by Crippen LogP contribution is 2.26. The molecule has 3 aromatic rings. The van der Waals surface area contributed by atoms with E-state index in [9.17, 15) is 9.18 Å². The van der Waals surface area contributed by atoms with Crippen molar-refractivity contribution in [2.75, 3.05) is 0 Å². The van der Waals surface area contributed by atoms with E-state index in [-0.39, 0.29) is 12.4 Å². The van der Waals surface area contributed by atoms with E-state index in [2.05, 4.69) is 20.3 Å². The molecule has 0 aliphatic rings. The summed E-state index contributed by atoms with van der Waals surface area (Å²) in [5.74, 6) is 0.352. The summed E-state index contributed by atoms with van der Waals surface area (Å²) in [6.45, 7) is 5.65. The number of benzene rings is 1. The van der Waals surface area contributed by atoms with E-state index in [0.717, 1.165) is 16.7 Å². The van der Waals surface area contributed by atoms with E-state index >= 15 is 0 Å². The highest BCUT2D eigenvalue weighted by Gasteiger charge is 2.17. The first-order valence-corrected chi connectivity index (χ1v) is 8.53. The molecule has 2 aromatic heterocycles. The summed E-state index contributed by atoms with van der Waals surface area (Å²) in [5.41, 5.74) is 2.48. The number of ether oxygens (including phenoxy) is 1. The largest absolute Gasteiger partial charge is 0.444 e. The van der Waals surface area contributed by atoms with Crippen LogP contribution in [0.3, 0.4) is 0 Å². The predicted octanol–water partition coefficient (Wildman–Crippen LogP) is 4.30. The number of rotatable bonds is 4. The van der Waals surface area contributed by atoms with Gasteiger partial charge in [-0.1, -0.05) is 0 Å². The van der Waals surface area contributed by atoms with Gasteiger partial charge < -0.3 is 15.0 Å². The zero-order valence-electron chi connectivity index (χ0n) is 15.4. The maximum absolute atomic E-state index is 13.2. The molecule has 0 saturated carbocycles. The number of aromatic amines is 1. The number of nitrogens with zero attached hydrogens (tertiary/aromatic N) is 2. The molecule has 3 rings (SSSR count). The topological polar surface area (TPSA) is 79.9 Å². The second kappa shape index (κ2) is 7.57. The fraction of sp³-hybridized carbons (Fsp3) is 0.250. The third-order valence-electron chi connectivity index (χ3n) is 3.70. The van der Waals surface area contributed by atoms with Gasteiger partial charge in [0.25, 0.3) is 0 Å². The third kappa shape index (κ3) is 4.91. The highest BCUT2D eigenvalue weighted by molar-refractivity contribution is 5.71. The van der Waals surface area contributed by atoms with Crippen LogP contribution in [0.15, 0.2) is 48.9 Å². The average Bonchev–Trinajstić information content (AvgIpc) is 3.13. The molecule has 0 spiro atoms. The number of H-pyrrole nitrogens is 1. The van der Waals surface area contributed by atoms with Crippen molar-refractivity contribution in [1.29, 1.82) is 0 Å². The Kier molecular flexibility index (Phi) is 5.21. The number of halogens is 1. The number of alkyl carbamates (subject to hydrolysis) is 1. The lowest BCUT2D eigenvalue weighted by Gasteiger charge is -2.20. The first-order valence-electron chi connectivity index (χ1n) is 8.53. The molecule has 7 heteroatoms. The van der Waals surface area contributed by atoms with Gasteiger partial charge in [-0.3, -0.25) is 4.98 Å². The van der Waals surface area contributed by atoms with Crippen molar-refractivity contribution in [3.05, 3.63) is 60.3 Å². The number of carbonyl (C=O) groups is 1. The van der Waals surface area contributed by atoms with E-state index in [4.69, 9.17) is 4.74 Å². The van der Waals surface area contributed by atoms with E-state index < -0.39 is 11.7 Å². The lowest BCUT2D eigenvalue weighted by molar-refractivity contribution is 0.0523. The highest BCUT2D eigenvalue weighted by atomic mass is 19.1. The van der Waals surface area contributed by atoms with Crippen molar-refractivity contribution in [1.82, 2.24) is 20.3 Å². The monoisotopic (exact) mass is 368 g/mol. The minimum absolute atomic E-state index is 0.238. The van der Waals surface area contributed by atoms with Crippen molar-refractivity contribution in [3.8, 4) is 22.6 Å². The SMILES string of the molecule is CC(C)(C)OC(=O)NCc1cnc(-c2ccc(F)cc2)cc1-c1ncc[nH]1. The molecular formula is C20H21FN4O2. The number of hydrogen-bond donors (Lipinski definition) is 2. The number of carbonyl (C=O) groups excluding carboxylic acids is 1. The molecule has 1 amide bonds. The van der Waals surface area contributed by atoms with Crippen LogP contribution < -0.4 is 5.32 Å². The molecule has 0 radical (unpaired) electrons. The van der Waals surface area contributed by atoms with Gasteiger partial charge in [0.15, 0.2) is 0 Å². The number of imidazole rings is 1. The summed E-state index contributed by atoms with van der Waals surface area (Å²) >= 11 is 0. The number of amides is 1. The molecule has 140 valence electrons. The average molecular weight is 368 g/mol. The summed E-state index contributed by atoms with van der Waals surface area (Å²) in [5, 5.41) is 2.73. The Hall–Kier alpha value is -3.22. The minimum atomic E-state index is -0.571. The summed E-state index contributed by atoms with van der Waals surface area (Å²) in [6.07, 6.45) is 4.54. The standard InChI is InChI=1S/C20H21FN4O2/c1-20(2,3)27-19(26)25-12-14-11-24-17(13-4-6-15(21)7-5-13)10-16(14)18-22-8-9-23-18/h4-11H,12H2,1-3H3,(H,22,23)(H,25,26). The molecule has 6 nitrogen and oxygen atoms in total. The van der Waals surface area contributed by atoms with E-state index in [1.165, 1.54) is 12.1 Å². The van der Waals surface area contributed by atoms with Gasteiger partial charge >= 0.3 is 6.09 Å². The van der Waals surface area contributed by atoms with Gasteiger partial charge in [-0.15, -0.1) is 0 Å². The van der Waals surface area contributed by atoms with E-state index in [1.807, 2.05) is 6.07 Å². The van der Waals surface area contributed by atoms with E-state index in [1.54, 1.807) is 51.5 Å². The molecule has 0 saturated heterocycles. The Morgan fingerprint density at radius 3 is 2.59 bits per heavy atom. The van der Waals surface area contributed by atoms with Gasteiger partial charge in [-0.2, -0.15) is 0 Å². The predicted molar refractivity (Wildman–Crippen MR) is 100 cm³/mol. The molecule has 0 fully saturated rings. The lowest BCUT2D eigenvalue weighted by Crippen LogP contribution is -2.32. The Labute approximate surface area is 156 Å². The van der Waals surface area contributed by atoms with Crippen molar-refractivity contribution >= 4 is 6.09 Å². The van der Waals surface area contributed by atoms with Crippen LogP contribution in [0.25, 0.3) is 22.6 Å². The maximum atomic E-state index is 13.2. The van der Waals surface area contributed by atoms with Crippen molar-refractivity contribution < 1.29 is 13.9 Å². The summed E-state index contributed by atoms with van der Waals surface area (Å²) in [6, 6.07) is 7.98. The number of nitrogens with one attached hydrogen (secondary N) is 2. The lowest BCUT2D eigenvalue weighted by atomic mass is 10.0. The quantitative estimate of drug-likeness (QED) is 0.719. The number of pyridine rings is 1. The van der Waals surface area contributed by atoms with Crippen LogP contribution in [0.5, 0.6) is 0 Å². The zero-order chi connectivity index (χ0) is 19.4. The molecule has 2 N–H and O–H groups in total. The van der Waals surface area contributed by atoms with Gasteiger partial charge in [0, 0.05) is 41.8 Å². The number of hydrogen-bond acceptors (Lipinski definition) is 4. The van der Waals surface area contributed by atoms with Gasteiger partial charge in [-0.05, 0) is 51.1 Å². The Bertz CT molecular complexity index is 916. The van der Waals surface area contributed by atoms with Crippen LogP contribution in [0, 0.1) is 5.82 Å². The van der Waals surface area contributed by atoms with Crippen LogP contribution in [-0.2, 0) is 11.3 Å². The fourth-order valence-electron chi connectivity index (χ4n) is 2.52. The van der Waals surface area contributed by atoms with Crippen LogP contribution in [-0.4, -0.2) is 26.6 Å². The van der Waals surface area contributed by atoms with Crippen LogP contribution >= 0.6 is 0 Å². The molecule has 0 atom stereocenters. The molecule has 0 bridgehead atoms. The first kappa shape index (κ1) is 18.6. The maximum Gasteiger partial charge on any atom is 0.407 e. The molecular weight excluding hydrogens is 347 g/mol. The fourth-order valence-corrected chi connectivity index (χ4v) is 2.52. The van der Waals surface area contributed by atoms with Crippen LogP contribution in [0.1, 0.15) is 26.3 Å². The molecule has 2 heterocycles. The van der Waals surface area contributed by atoms with Gasteiger partial charge in [0.05, 0.1) is 5.69 Å².